The molecule has 1 saturated heterocycles. The highest BCUT2D eigenvalue weighted by molar-refractivity contribution is 6.06. The molecule has 4 nitrogen and oxygen atoms in total. The molecule has 2 N–H and O–H groups in total. The summed E-state index contributed by atoms with van der Waals surface area (Å²) in [5.41, 5.74) is 5.14. The molecule has 1 saturated carbocycles. The zero-order valence-electron chi connectivity index (χ0n) is 10.8. The van der Waals surface area contributed by atoms with E-state index in [4.69, 9.17) is 5.73 Å². The van der Waals surface area contributed by atoms with Gasteiger partial charge >= 0.3 is 0 Å². The number of hydrogen-bond acceptors (Lipinski definition) is 3. The highest BCUT2D eigenvalue weighted by atomic mass is 16.2. The van der Waals surface area contributed by atoms with Crippen molar-refractivity contribution in [2.45, 2.75) is 46.0 Å². The molecule has 1 spiro atoms. The van der Waals surface area contributed by atoms with Crippen LogP contribution in [-0.4, -0.2) is 29.8 Å². The Bertz CT molecular complexity index is 343. The number of amides is 2. The summed E-state index contributed by atoms with van der Waals surface area (Å²) in [6.45, 7) is 4.93. The number of hydrogen-bond donors (Lipinski definition) is 1. The number of carbonyl (C=O) groups excluding carboxylic acids is 2. The van der Waals surface area contributed by atoms with Crippen LogP contribution in [0.15, 0.2) is 0 Å². The minimum atomic E-state index is -0.345. The predicted molar refractivity (Wildman–Crippen MR) is 65.1 cm³/mol. The Morgan fingerprint density at radius 2 is 1.88 bits per heavy atom. The minimum Gasteiger partial charge on any atom is -0.330 e. The third kappa shape index (κ3) is 2.10. The van der Waals surface area contributed by atoms with Gasteiger partial charge < -0.3 is 5.73 Å². The lowest BCUT2D eigenvalue weighted by Crippen LogP contribution is -2.43. The molecule has 0 bridgehead atoms. The third-order valence-corrected chi connectivity index (χ3v) is 4.19. The van der Waals surface area contributed by atoms with E-state index in [0.717, 1.165) is 25.7 Å². The first-order chi connectivity index (χ1) is 7.90. The summed E-state index contributed by atoms with van der Waals surface area (Å²) in [5, 5.41) is 0. The number of carbonyl (C=O) groups is 2. The van der Waals surface area contributed by atoms with Crippen molar-refractivity contribution < 1.29 is 9.59 Å². The first-order valence-electron chi connectivity index (χ1n) is 6.45. The second kappa shape index (κ2) is 4.09. The minimum absolute atomic E-state index is 0.00146. The van der Waals surface area contributed by atoms with Crippen LogP contribution in [0.25, 0.3) is 0 Å². The normalized spacial score (nSPS) is 24.1. The smallest absolute Gasteiger partial charge is 0.235 e. The summed E-state index contributed by atoms with van der Waals surface area (Å²) in [6, 6.07) is 0. The zero-order valence-corrected chi connectivity index (χ0v) is 10.8. The maximum Gasteiger partial charge on any atom is 0.235 e. The van der Waals surface area contributed by atoms with Crippen LogP contribution in [-0.2, 0) is 9.59 Å². The molecule has 1 heterocycles. The van der Waals surface area contributed by atoms with Crippen LogP contribution in [0.5, 0.6) is 0 Å². The number of nitrogens with zero attached hydrogens (tertiary/aromatic N) is 1. The van der Waals surface area contributed by atoms with Crippen molar-refractivity contribution >= 4 is 11.8 Å². The van der Waals surface area contributed by atoms with E-state index in [9.17, 15) is 9.59 Å². The summed E-state index contributed by atoms with van der Waals surface area (Å²) in [7, 11) is 0. The summed E-state index contributed by atoms with van der Waals surface area (Å²) in [6.07, 6.45) is 4.35. The van der Waals surface area contributed by atoms with Gasteiger partial charge in [-0.2, -0.15) is 0 Å². The monoisotopic (exact) mass is 238 g/mol. The van der Waals surface area contributed by atoms with Gasteiger partial charge in [0.15, 0.2) is 0 Å². The average molecular weight is 238 g/mol. The van der Waals surface area contributed by atoms with Gasteiger partial charge in [0.2, 0.25) is 11.8 Å². The van der Waals surface area contributed by atoms with Crippen LogP contribution in [0.3, 0.4) is 0 Å². The molecule has 2 fully saturated rings. The molecule has 2 rings (SSSR count). The third-order valence-electron chi connectivity index (χ3n) is 4.19. The van der Waals surface area contributed by atoms with Gasteiger partial charge in [0, 0.05) is 13.0 Å². The standard InChI is InChI=1S/C13H22N2O2/c1-12(2,8-14)9-15-10(16)7-13(11(15)17)5-3-4-6-13/h3-9,14H2,1-2H3. The fourth-order valence-corrected chi connectivity index (χ4v) is 2.96. The van der Waals surface area contributed by atoms with Crippen molar-refractivity contribution in [1.82, 2.24) is 4.90 Å². The highest BCUT2D eigenvalue weighted by Crippen LogP contribution is 2.47. The topological polar surface area (TPSA) is 63.4 Å². The number of nitrogens with two attached hydrogens (primary N) is 1. The maximum atomic E-state index is 12.4. The van der Waals surface area contributed by atoms with Crippen molar-refractivity contribution in [3.8, 4) is 0 Å². The lowest BCUT2D eigenvalue weighted by Gasteiger charge is -2.29. The molecule has 1 aliphatic carbocycles. The SMILES string of the molecule is CC(C)(CN)CN1C(=O)CC2(CCCC2)C1=O. The number of rotatable bonds is 3. The Morgan fingerprint density at radius 1 is 1.29 bits per heavy atom. The molecular formula is C13H22N2O2. The van der Waals surface area contributed by atoms with Crippen molar-refractivity contribution in [3.63, 3.8) is 0 Å². The second-order valence-corrected chi connectivity index (χ2v) is 6.32. The van der Waals surface area contributed by atoms with E-state index < -0.39 is 0 Å². The molecule has 96 valence electrons. The van der Waals surface area contributed by atoms with Gasteiger partial charge in [-0.15, -0.1) is 0 Å². The largest absolute Gasteiger partial charge is 0.330 e. The van der Waals surface area contributed by atoms with E-state index in [-0.39, 0.29) is 22.6 Å². The fourth-order valence-electron chi connectivity index (χ4n) is 2.96. The van der Waals surface area contributed by atoms with Crippen molar-refractivity contribution in [3.05, 3.63) is 0 Å². The van der Waals surface area contributed by atoms with Gasteiger partial charge in [-0.3, -0.25) is 14.5 Å². The quantitative estimate of drug-likeness (QED) is 0.754. The van der Waals surface area contributed by atoms with Gasteiger partial charge in [-0.05, 0) is 24.8 Å². The zero-order chi connectivity index (χ0) is 12.7. The molecule has 2 amide bonds. The van der Waals surface area contributed by atoms with Crippen LogP contribution in [0.2, 0.25) is 0 Å². The number of imide groups is 1. The maximum absolute atomic E-state index is 12.4. The molecule has 2 aliphatic rings. The second-order valence-electron chi connectivity index (χ2n) is 6.32. The predicted octanol–water partition coefficient (Wildman–Crippen LogP) is 1.29. The Hall–Kier alpha value is -0.900. The first kappa shape index (κ1) is 12.6. The molecule has 0 aromatic rings. The Morgan fingerprint density at radius 3 is 2.41 bits per heavy atom. The fraction of sp³-hybridized carbons (Fsp3) is 0.846. The van der Waals surface area contributed by atoms with Gasteiger partial charge in [0.05, 0.1) is 5.41 Å². The van der Waals surface area contributed by atoms with Crippen LogP contribution in [0, 0.1) is 10.8 Å². The van der Waals surface area contributed by atoms with Gasteiger partial charge in [0.1, 0.15) is 0 Å². The molecule has 0 atom stereocenters. The number of likely N-dealkylation sites (tertiary alicyclic amines) is 1. The molecule has 0 radical (unpaired) electrons. The summed E-state index contributed by atoms with van der Waals surface area (Å²) >= 11 is 0. The average Bonchev–Trinajstić information content (AvgIpc) is 2.81. The van der Waals surface area contributed by atoms with E-state index >= 15 is 0 Å². The van der Waals surface area contributed by atoms with Crippen molar-refractivity contribution in [1.29, 1.82) is 0 Å². The summed E-state index contributed by atoms with van der Waals surface area (Å²) < 4.78 is 0. The van der Waals surface area contributed by atoms with Crippen LogP contribution in [0.1, 0.15) is 46.0 Å². The molecule has 1 aliphatic heterocycles. The van der Waals surface area contributed by atoms with E-state index in [0.29, 0.717) is 19.5 Å². The molecule has 0 aromatic carbocycles. The summed E-state index contributed by atoms with van der Waals surface area (Å²) in [4.78, 5) is 25.9. The molecular weight excluding hydrogens is 216 g/mol. The molecule has 0 aromatic heterocycles. The highest BCUT2D eigenvalue weighted by Gasteiger charge is 2.53. The van der Waals surface area contributed by atoms with Crippen molar-refractivity contribution in [2.75, 3.05) is 13.1 Å². The lowest BCUT2D eigenvalue weighted by molar-refractivity contribution is -0.142. The van der Waals surface area contributed by atoms with Gasteiger partial charge in [-0.25, -0.2) is 0 Å². The molecule has 4 heteroatoms. The van der Waals surface area contributed by atoms with Crippen molar-refractivity contribution in [2.24, 2.45) is 16.6 Å². The summed E-state index contributed by atoms with van der Waals surface area (Å²) in [5.74, 6) is 0.0555. The van der Waals surface area contributed by atoms with E-state index in [2.05, 4.69) is 0 Å². The van der Waals surface area contributed by atoms with Gasteiger partial charge in [0.25, 0.3) is 0 Å². The first-order valence-corrected chi connectivity index (χ1v) is 6.45. The Balaban J connectivity index is 2.14. The van der Waals surface area contributed by atoms with Crippen LogP contribution in [0.4, 0.5) is 0 Å². The Labute approximate surface area is 103 Å². The lowest BCUT2D eigenvalue weighted by atomic mass is 9.84. The van der Waals surface area contributed by atoms with Gasteiger partial charge in [-0.1, -0.05) is 26.7 Å². The van der Waals surface area contributed by atoms with Crippen LogP contribution < -0.4 is 5.73 Å². The molecule has 17 heavy (non-hydrogen) atoms. The van der Waals surface area contributed by atoms with E-state index in [1.54, 1.807) is 0 Å². The van der Waals surface area contributed by atoms with Crippen LogP contribution >= 0.6 is 0 Å². The molecule has 0 unspecified atom stereocenters. The van der Waals surface area contributed by atoms with E-state index in [1.807, 2.05) is 13.8 Å². The Kier molecular flexibility index (Phi) is 3.02. The van der Waals surface area contributed by atoms with E-state index in [1.165, 1.54) is 4.90 Å².